The van der Waals surface area contributed by atoms with Crippen LogP contribution in [0.25, 0.3) is 0 Å². The van der Waals surface area contributed by atoms with Crippen molar-refractivity contribution >= 4 is 5.97 Å². The van der Waals surface area contributed by atoms with Crippen molar-refractivity contribution in [1.82, 2.24) is 0 Å². The van der Waals surface area contributed by atoms with Gasteiger partial charge in [0, 0.05) is 17.9 Å². The molecule has 0 spiro atoms. The summed E-state index contributed by atoms with van der Waals surface area (Å²) in [7, 11) is 0. The zero-order valence-electron chi connectivity index (χ0n) is 7.49. The highest BCUT2D eigenvalue weighted by Crippen LogP contribution is 2.30. The molecule has 0 saturated carbocycles. The van der Waals surface area contributed by atoms with Gasteiger partial charge in [0.05, 0.1) is 5.76 Å². The lowest BCUT2D eigenvalue weighted by atomic mass is 9.87. The average Bonchev–Trinajstić information content (AvgIpc) is 2.08. The number of esters is 1. The number of carbonyl (C=O) groups is 1. The first-order valence-electron chi connectivity index (χ1n) is 4.46. The smallest absolute Gasteiger partial charge is 0.334 e. The van der Waals surface area contributed by atoms with Gasteiger partial charge in [0.2, 0.25) is 0 Å². The molecule has 70 valence electrons. The van der Waals surface area contributed by atoms with Crippen LogP contribution in [-0.2, 0) is 9.53 Å². The molecule has 0 aromatic rings. The molecular weight excluding hydrogens is 168 g/mol. The summed E-state index contributed by atoms with van der Waals surface area (Å²) >= 11 is 0. The SMILES string of the molecule is CC1=CC2CCC(O)=CC2OC1=O. The second-order valence-corrected chi connectivity index (χ2v) is 3.58. The molecule has 2 unspecified atom stereocenters. The van der Waals surface area contributed by atoms with Gasteiger partial charge in [0.25, 0.3) is 0 Å². The Morgan fingerprint density at radius 1 is 1.54 bits per heavy atom. The van der Waals surface area contributed by atoms with Gasteiger partial charge >= 0.3 is 5.97 Å². The van der Waals surface area contributed by atoms with E-state index >= 15 is 0 Å². The van der Waals surface area contributed by atoms with E-state index in [9.17, 15) is 9.90 Å². The van der Waals surface area contributed by atoms with E-state index in [4.69, 9.17) is 4.74 Å². The van der Waals surface area contributed by atoms with Gasteiger partial charge in [-0.1, -0.05) is 6.08 Å². The Labute approximate surface area is 76.7 Å². The van der Waals surface area contributed by atoms with Gasteiger partial charge in [-0.3, -0.25) is 0 Å². The molecule has 0 aromatic carbocycles. The Hall–Kier alpha value is -1.25. The molecule has 1 aliphatic carbocycles. The summed E-state index contributed by atoms with van der Waals surface area (Å²) in [6.07, 6.45) is 4.87. The van der Waals surface area contributed by atoms with E-state index < -0.39 is 0 Å². The number of fused-ring (bicyclic) bond motifs is 1. The third kappa shape index (κ3) is 1.46. The fourth-order valence-electron chi connectivity index (χ4n) is 1.78. The van der Waals surface area contributed by atoms with Crippen LogP contribution < -0.4 is 0 Å². The maximum absolute atomic E-state index is 11.2. The number of carbonyl (C=O) groups excluding carboxylic acids is 1. The van der Waals surface area contributed by atoms with Gasteiger partial charge in [-0.25, -0.2) is 4.79 Å². The molecule has 0 bridgehead atoms. The first kappa shape index (κ1) is 8.35. The second kappa shape index (κ2) is 2.91. The summed E-state index contributed by atoms with van der Waals surface area (Å²) in [5.74, 6) is 0.322. The number of aliphatic hydroxyl groups excluding tert-OH is 1. The first-order chi connectivity index (χ1) is 6.16. The Morgan fingerprint density at radius 2 is 2.31 bits per heavy atom. The average molecular weight is 180 g/mol. The zero-order chi connectivity index (χ0) is 9.42. The van der Waals surface area contributed by atoms with Gasteiger partial charge in [0.15, 0.2) is 0 Å². The van der Waals surface area contributed by atoms with E-state index in [0.29, 0.717) is 17.8 Å². The molecule has 3 heteroatoms. The number of rotatable bonds is 0. The molecule has 0 amide bonds. The van der Waals surface area contributed by atoms with Gasteiger partial charge in [-0.2, -0.15) is 0 Å². The molecule has 0 fully saturated rings. The van der Waals surface area contributed by atoms with E-state index in [2.05, 4.69) is 0 Å². The predicted octanol–water partition coefficient (Wildman–Crippen LogP) is 1.71. The lowest BCUT2D eigenvalue weighted by Crippen LogP contribution is -2.32. The molecule has 13 heavy (non-hydrogen) atoms. The topological polar surface area (TPSA) is 46.5 Å². The van der Waals surface area contributed by atoms with Crippen molar-refractivity contribution in [2.24, 2.45) is 5.92 Å². The van der Waals surface area contributed by atoms with Gasteiger partial charge in [-0.05, 0) is 19.4 Å². The third-order valence-electron chi connectivity index (χ3n) is 2.54. The van der Waals surface area contributed by atoms with Crippen molar-refractivity contribution < 1.29 is 14.6 Å². The highest BCUT2D eigenvalue weighted by Gasteiger charge is 2.31. The van der Waals surface area contributed by atoms with Crippen molar-refractivity contribution in [3.63, 3.8) is 0 Å². The standard InChI is InChI=1S/C10H12O3/c1-6-4-7-2-3-8(11)5-9(7)13-10(6)12/h4-5,7,9,11H,2-3H2,1H3. The van der Waals surface area contributed by atoms with Crippen LogP contribution in [0.15, 0.2) is 23.5 Å². The van der Waals surface area contributed by atoms with E-state index in [-0.39, 0.29) is 18.0 Å². The molecule has 3 nitrogen and oxygen atoms in total. The number of ether oxygens (including phenoxy) is 1. The van der Waals surface area contributed by atoms with Crippen LogP contribution in [0.3, 0.4) is 0 Å². The van der Waals surface area contributed by atoms with Crippen LogP contribution in [0, 0.1) is 5.92 Å². The summed E-state index contributed by atoms with van der Waals surface area (Å²) in [6, 6.07) is 0. The van der Waals surface area contributed by atoms with E-state index in [1.165, 1.54) is 0 Å². The number of hydrogen-bond donors (Lipinski definition) is 1. The van der Waals surface area contributed by atoms with Crippen molar-refractivity contribution in [3.05, 3.63) is 23.5 Å². The van der Waals surface area contributed by atoms with Crippen LogP contribution in [-0.4, -0.2) is 17.2 Å². The molecule has 2 aliphatic rings. The van der Waals surface area contributed by atoms with Gasteiger partial charge in [0.1, 0.15) is 6.10 Å². The fourth-order valence-corrected chi connectivity index (χ4v) is 1.78. The van der Waals surface area contributed by atoms with Gasteiger partial charge in [-0.15, -0.1) is 0 Å². The Morgan fingerprint density at radius 3 is 3.08 bits per heavy atom. The number of hydrogen-bond acceptors (Lipinski definition) is 3. The third-order valence-corrected chi connectivity index (χ3v) is 2.54. The highest BCUT2D eigenvalue weighted by molar-refractivity contribution is 5.88. The summed E-state index contributed by atoms with van der Waals surface area (Å²) in [4.78, 5) is 11.2. The normalized spacial score (nSPS) is 32.8. The fraction of sp³-hybridized carbons (Fsp3) is 0.500. The summed E-state index contributed by atoms with van der Waals surface area (Å²) in [5, 5.41) is 9.25. The molecule has 1 aliphatic heterocycles. The predicted molar refractivity (Wildman–Crippen MR) is 47.1 cm³/mol. The minimum Gasteiger partial charge on any atom is -0.513 e. The van der Waals surface area contributed by atoms with Crippen molar-refractivity contribution in [2.75, 3.05) is 0 Å². The molecule has 0 aromatic heterocycles. The molecule has 0 saturated heterocycles. The lowest BCUT2D eigenvalue weighted by molar-refractivity contribution is -0.145. The maximum Gasteiger partial charge on any atom is 0.334 e. The largest absolute Gasteiger partial charge is 0.513 e. The minimum absolute atomic E-state index is 0.245. The maximum atomic E-state index is 11.2. The van der Waals surface area contributed by atoms with Crippen LogP contribution >= 0.6 is 0 Å². The highest BCUT2D eigenvalue weighted by atomic mass is 16.5. The molecule has 2 atom stereocenters. The van der Waals surface area contributed by atoms with E-state index in [1.54, 1.807) is 13.0 Å². The molecule has 1 heterocycles. The Bertz CT molecular complexity index is 301. The Kier molecular flexibility index (Phi) is 1.87. The van der Waals surface area contributed by atoms with Crippen molar-refractivity contribution in [3.8, 4) is 0 Å². The number of allylic oxidation sites excluding steroid dienone is 1. The Balaban J connectivity index is 2.26. The minimum atomic E-state index is -0.271. The molecule has 0 radical (unpaired) electrons. The zero-order valence-corrected chi connectivity index (χ0v) is 7.49. The molecule has 2 rings (SSSR count). The summed E-state index contributed by atoms with van der Waals surface area (Å²) < 4.78 is 5.13. The van der Waals surface area contributed by atoms with Crippen LogP contribution in [0.2, 0.25) is 0 Å². The second-order valence-electron chi connectivity index (χ2n) is 3.58. The van der Waals surface area contributed by atoms with E-state index in [1.807, 2.05) is 6.08 Å². The lowest BCUT2D eigenvalue weighted by Gasteiger charge is -2.30. The van der Waals surface area contributed by atoms with Crippen LogP contribution in [0.5, 0.6) is 0 Å². The van der Waals surface area contributed by atoms with Crippen LogP contribution in [0.4, 0.5) is 0 Å². The number of aliphatic hydroxyl groups is 1. The summed E-state index contributed by atoms with van der Waals surface area (Å²) in [5.41, 5.74) is 0.677. The first-order valence-corrected chi connectivity index (χ1v) is 4.46. The quantitative estimate of drug-likeness (QED) is 0.577. The van der Waals surface area contributed by atoms with Crippen LogP contribution in [0.1, 0.15) is 19.8 Å². The summed E-state index contributed by atoms with van der Waals surface area (Å²) in [6.45, 7) is 1.76. The van der Waals surface area contributed by atoms with Crippen molar-refractivity contribution in [2.45, 2.75) is 25.9 Å². The van der Waals surface area contributed by atoms with Crippen molar-refractivity contribution in [1.29, 1.82) is 0 Å². The molecule has 1 N–H and O–H groups in total. The van der Waals surface area contributed by atoms with Gasteiger partial charge < -0.3 is 9.84 Å². The monoisotopic (exact) mass is 180 g/mol. The van der Waals surface area contributed by atoms with E-state index in [0.717, 1.165) is 6.42 Å². The molecular formula is C10H12O3.